The number of carbonyl (C=O) groups is 1. The van der Waals surface area contributed by atoms with E-state index in [1.807, 2.05) is 6.92 Å². The van der Waals surface area contributed by atoms with Crippen molar-refractivity contribution in [3.05, 3.63) is 11.6 Å². The first-order valence-corrected chi connectivity index (χ1v) is 5.96. The van der Waals surface area contributed by atoms with E-state index in [1.54, 1.807) is 6.08 Å². The second-order valence-electron chi connectivity index (χ2n) is 5.27. The van der Waals surface area contributed by atoms with Crippen molar-refractivity contribution in [3.63, 3.8) is 0 Å². The lowest BCUT2D eigenvalue weighted by molar-refractivity contribution is -0.141. The smallest absolute Gasteiger partial charge is 0.331 e. The van der Waals surface area contributed by atoms with Crippen LogP contribution in [0, 0.1) is 5.41 Å². The molecule has 0 radical (unpaired) electrons. The number of rotatable bonds is 4. The van der Waals surface area contributed by atoms with Crippen LogP contribution in [0.2, 0.25) is 0 Å². The van der Waals surface area contributed by atoms with Crippen molar-refractivity contribution in [3.8, 4) is 0 Å². The lowest BCUT2D eigenvalue weighted by Crippen LogP contribution is -2.21. The van der Waals surface area contributed by atoms with Crippen LogP contribution in [0.1, 0.15) is 52.9 Å². The van der Waals surface area contributed by atoms with Crippen LogP contribution in [0.4, 0.5) is 0 Å². The summed E-state index contributed by atoms with van der Waals surface area (Å²) in [5, 5.41) is 0. The van der Waals surface area contributed by atoms with Crippen LogP contribution in [0.3, 0.4) is 0 Å². The van der Waals surface area contributed by atoms with Crippen LogP contribution in [0.25, 0.3) is 0 Å². The summed E-state index contributed by atoms with van der Waals surface area (Å²) in [5.74, 6) is -0.147. The van der Waals surface area contributed by atoms with E-state index in [0.29, 0.717) is 0 Å². The molecule has 1 heterocycles. The average molecular weight is 208 g/mol. The first-order chi connectivity index (χ1) is 7.04. The molecule has 0 aromatic carbocycles. The predicted octanol–water partition coefficient (Wildman–Crippen LogP) is 3.22. The van der Waals surface area contributed by atoms with Gasteiger partial charge in [-0.05, 0) is 18.9 Å². The largest absolute Gasteiger partial charge is 0.451 e. The Morgan fingerprint density at radius 2 is 2.20 bits per heavy atom. The van der Waals surface area contributed by atoms with Crippen LogP contribution in [0.15, 0.2) is 11.6 Å². The monoisotopic (exact) mass is 208 g/mol. The van der Waals surface area contributed by atoms with Gasteiger partial charge in [-0.3, -0.25) is 0 Å². The van der Waals surface area contributed by atoms with Crippen molar-refractivity contribution in [2.75, 3.05) is 0 Å². The molecule has 0 amide bonds. The Bertz CT molecular complexity index is 318. The summed E-state index contributed by atoms with van der Waals surface area (Å²) in [4.78, 5) is 11.2. The van der Waals surface area contributed by atoms with Gasteiger partial charge in [0.1, 0.15) is 5.60 Å². The van der Waals surface area contributed by atoms with Gasteiger partial charge in [0.05, 0.1) is 0 Å². The van der Waals surface area contributed by atoms with Gasteiger partial charge in [-0.15, -0.1) is 0 Å². The highest BCUT2D eigenvalue weighted by molar-refractivity contribution is 5.87. The zero-order chi connectivity index (χ0) is 11.1. The quantitative estimate of drug-likeness (QED) is 0.524. The lowest BCUT2D eigenvalue weighted by atomic mass is 9.93. The normalized spacial score (nSPS) is 38.1. The number of carbonyl (C=O) groups excluding carboxylic acids is 1. The molecule has 84 valence electrons. The predicted molar refractivity (Wildman–Crippen MR) is 59.4 cm³/mol. The fourth-order valence-corrected chi connectivity index (χ4v) is 2.91. The van der Waals surface area contributed by atoms with Gasteiger partial charge in [0.25, 0.3) is 0 Å². The molecule has 0 aromatic rings. The molecule has 0 N–H and O–H groups in total. The Hall–Kier alpha value is -0.790. The summed E-state index contributed by atoms with van der Waals surface area (Å²) < 4.78 is 5.49. The van der Waals surface area contributed by atoms with Gasteiger partial charge in [-0.25, -0.2) is 4.79 Å². The molecule has 15 heavy (non-hydrogen) atoms. The Morgan fingerprint density at radius 3 is 2.73 bits per heavy atom. The molecule has 1 aliphatic heterocycles. The summed E-state index contributed by atoms with van der Waals surface area (Å²) in [7, 11) is 0. The highest BCUT2D eigenvalue weighted by atomic mass is 16.6. The van der Waals surface area contributed by atoms with E-state index >= 15 is 0 Å². The number of ether oxygens (including phenoxy) is 1. The third kappa shape index (κ3) is 1.51. The van der Waals surface area contributed by atoms with E-state index in [4.69, 9.17) is 4.74 Å². The maximum absolute atomic E-state index is 11.2. The molecule has 2 nitrogen and oxygen atoms in total. The summed E-state index contributed by atoms with van der Waals surface area (Å²) in [6, 6.07) is 0. The van der Waals surface area contributed by atoms with Crippen molar-refractivity contribution in [2.45, 2.75) is 58.5 Å². The maximum atomic E-state index is 11.2. The molecule has 0 unspecified atom stereocenters. The Kier molecular flexibility index (Phi) is 2.40. The fraction of sp³-hybridized carbons (Fsp3) is 0.769. The third-order valence-electron chi connectivity index (χ3n) is 4.07. The van der Waals surface area contributed by atoms with Crippen LogP contribution >= 0.6 is 0 Å². The minimum atomic E-state index is -0.210. The van der Waals surface area contributed by atoms with E-state index in [0.717, 1.165) is 12.0 Å². The minimum Gasteiger partial charge on any atom is -0.451 e. The topological polar surface area (TPSA) is 26.3 Å². The molecule has 2 rings (SSSR count). The van der Waals surface area contributed by atoms with Crippen molar-refractivity contribution in [1.82, 2.24) is 0 Å². The second-order valence-corrected chi connectivity index (χ2v) is 5.27. The van der Waals surface area contributed by atoms with Crippen molar-refractivity contribution in [1.29, 1.82) is 0 Å². The summed E-state index contributed by atoms with van der Waals surface area (Å²) in [6.45, 7) is 6.49. The molecule has 0 saturated heterocycles. The first kappa shape index (κ1) is 10.7. The molecular weight excluding hydrogens is 188 g/mol. The number of hydrogen-bond donors (Lipinski definition) is 0. The van der Waals surface area contributed by atoms with Gasteiger partial charge >= 0.3 is 5.97 Å². The van der Waals surface area contributed by atoms with E-state index in [2.05, 4.69) is 13.8 Å². The minimum absolute atomic E-state index is 0.147. The van der Waals surface area contributed by atoms with Gasteiger partial charge in [0.2, 0.25) is 0 Å². The summed E-state index contributed by atoms with van der Waals surface area (Å²) >= 11 is 0. The van der Waals surface area contributed by atoms with Crippen LogP contribution in [-0.4, -0.2) is 11.6 Å². The van der Waals surface area contributed by atoms with Gasteiger partial charge in [0, 0.05) is 17.9 Å². The van der Waals surface area contributed by atoms with E-state index in [-0.39, 0.29) is 17.0 Å². The Balaban J connectivity index is 1.98. The first-order valence-electron chi connectivity index (χ1n) is 5.96. The molecule has 1 saturated carbocycles. The fourth-order valence-electron chi connectivity index (χ4n) is 2.91. The summed E-state index contributed by atoms with van der Waals surface area (Å²) in [5.41, 5.74) is 1.14. The standard InChI is InChI=1S/C13H20O2/c1-4-5-6-7-12(3)9-13(12)10(2)8-11(14)15-13/h8H,4-7,9H2,1-3H3/t12-,13-/m0/s1. The molecule has 0 aromatic heterocycles. The van der Waals surface area contributed by atoms with Crippen LogP contribution in [-0.2, 0) is 9.53 Å². The van der Waals surface area contributed by atoms with E-state index in [9.17, 15) is 4.79 Å². The van der Waals surface area contributed by atoms with Crippen molar-refractivity contribution in [2.24, 2.45) is 5.41 Å². The second kappa shape index (κ2) is 3.36. The van der Waals surface area contributed by atoms with E-state index in [1.165, 1.54) is 25.7 Å². The van der Waals surface area contributed by atoms with Crippen LogP contribution in [0.5, 0.6) is 0 Å². The maximum Gasteiger partial charge on any atom is 0.331 e. The highest BCUT2D eigenvalue weighted by Crippen LogP contribution is 2.66. The molecule has 1 aliphatic carbocycles. The Morgan fingerprint density at radius 1 is 1.47 bits per heavy atom. The molecule has 1 fully saturated rings. The molecule has 1 spiro atoms. The molecule has 2 heteroatoms. The van der Waals surface area contributed by atoms with E-state index < -0.39 is 0 Å². The average Bonchev–Trinajstić information content (AvgIpc) is 2.61. The van der Waals surface area contributed by atoms with Gasteiger partial charge in [-0.1, -0.05) is 33.1 Å². The molecule has 2 aliphatic rings. The number of esters is 1. The number of hydrogen-bond acceptors (Lipinski definition) is 2. The molecule has 0 bridgehead atoms. The Labute approximate surface area is 91.7 Å². The third-order valence-corrected chi connectivity index (χ3v) is 4.07. The zero-order valence-corrected chi connectivity index (χ0v) is 9.93. The van der Waals surface area contributed by atoms with Crippen molar-refractivity contribution >= 4 is 5.97 Å². The highest BCUT2D eigenvalue weighted by Gasteiger charge is 2.69. The SMILES string of the molecule is CCCCC[C@@]1(C)C[C@@]12OC(=O)C=C2C. The van der Waals surface area contributed by atoms with Gasteiger partial charge in [-0.2, -0.15) is 0 Å². The zero-order valence-electron chi connectivity index (χ0n) is 9.93. The van der Waals surface area contributed by atoms with Crippen molar-refractivity contribution < 1.29 is 9.53 Å². The van der Waals surface area contributed by atoms with Gasteiger partial charge in [0.15, 0.2) is 0 Å². The lowest BCUT2D eigenvalue weighted by Gasteiger charge is -2.18. The molecule has 2 atom stereocenters. The van der Waals surface area contributed by atoms with Crippen LogP contribution < -0.4 is 0 Å². The summed E-state index contributed by atoms with van der Waals surface area (Å²) in [6.07, 6.45) is 7.64. The van der Waals surface area contributed by atoms with Gasteiger partial charge < -0.3 is 4.74 Å². The number of unbranched alkanes of at least 4 members (excludes halogenated alkanes) is 2. The molecular formula is C13H20O2.